The Morgan fingerprint density at radius 3 is 2.50 bits per heavy atom. The molecule has 14 heavy (non-hydrogen) atoms. The molecule has 0 bridgehead atoms. The molecule has 1 atom stereocenters. The molecule has 0 rings (SSSR count). The zero-order valence-corrected chi connectivity index (χ0v) is 9.50. The molecule has 0 aromatic carbocycles. The molecule has 1 unspecified atom stereocenters. The highest BCUT2D eigenvalue weighted by Crippen LogP contribution is 2.03. The molecule has 0 aromatic rings. The van der Waals surface area contributed by atoms with E-state index in [4.69, 9.17) is 9.47 Å². The summed E-state index contributed by atoms with van der Waals surface area (Å²) in [6.45, 7) is 7.47. The number of hydrogen-bond acceptors (Lipinski definition) is 4. The van der Waals surface area contributed by atoms with Crippen LogP contribution in [0.4, 0.5) is 0 Å². The Hall–Kier alpha value is -0.610. The third-order valence-corrected chi connectivity index (χ3v) is 1.88. The minimum Gasteiger partial charge on any atom is -0.465 e. The molecule has 0 heterocycles. The van der Waals surface area contributed by atoms with Crippen LogP contribution in [0.1, 0.15) is 20.8 Å². The molecule has 0 aliphatic heterocycles. The topological polar surface area (TPSA) is 47.6 Å². The van der Waals surface area contributed by atoms with Gasteiger partial charge in [-0.05, 0) is 12.8 Å². The lowest BCUT2D eigenvalue weighted by Crippen LogP contribution is -2.43. The molecule has 0 spiro atoms. The summed E-state index contributed by atoms with van der Waals surface area (Å²) in [4.78, 5) is 11.5. The summed E-state index contributed by atoms with van der Waals surface area (Å²) in [5.74, 6) is 0.0458. The lowest BCUT2D eigenvalue weighted by molar-refractivity contribution is -0.146. The first-order chi connectivity index (χ1) is 6.63. The molecule has 0 aliphatic rings. The number of nitrogens with one attached hydrogen (secondary N) is 1. The van der Waals surface area contributed by atoms with Crippen LogP contribution in [0.25, 0.3) is 0 Å². The minimum atomic E-state index is -0.231. The second kappa shape index (κ2) is 7.76. The van der Waals surface area contributed by atoms with Gasteiger partial charge in [0.1, 0.15) is 6.04 Å². The Morgan fingerprint density at radius 1 is 1.43 bits per heavy atom. The van der Waals surface area contributed by atoms with Gasteiger partial charge in [0.2, 0.25) is 0 Å². The molecule has 0 aromatic heterocycles. The van der Waals surface area contributed by atoms with E-state index in [9.17, 15) is 4.79 Å². The van der Waals surface area contributed by atoms with Gasteiger partial charge in [0.15, 0.2) is 0 Å². The number of ether oxygens (including phenoxy) is 2. The highest BCUT2D eigenvalue weighted by atomic mass is 16.5. The third-order valence-electron chi connectivity index (χ3n) is 1.88. The Morgan fingerprint density at radius 2 is 2.07 bits per heavy atom. The highest BCUT2D eigenvalue weighted by Gasteiger charge is 2.22. The van der Waals surface area contributed by atoms with Crippen LogP contribution in [0.15, 0.2) is 0 Å². The van der Waals surface area contributed by atoms with E-state index in [1.54, 1.807) is 7.11 Å². The van der Waals surface area contributed by atoms with Crippen molar-refractivity contribution in [2.45, 2.75) is 26.8 Å². The number of carbonyl (C=O) groups is 1. The van der Waals surface area contributed by atoms with Crippen molar-refractivity contribution in [1.82, 2.24) is 5.32 Å². The first-order valence-corrected chi connectivity index (χ1v) is 5.02. The van der Waals surface area contributed by atoms with Crippen molar-refractivity contribution in [3.05, 3.63) is 0 Å². The van der Waals surface area contributed by atoms with Crippen molar-refractivity contribution in [3.63, 3.8) is 0 Å². The van der Waals surface area contributed by atoms with Gasteiger partial charge in [0, 0.05) is 13.7 Å². The molecular weight excluding hydrogens is 182 g/mol. The molecule has 0 saturated heterocycles. The van der Waals surface area contributed by atoms with Crippen LogP contribution < -0.4 is 5.32 Å². The first kappa shape index (κ1) is 13.4. The molecule has 0 saturated carbocycles. The second-order valence-corrected chi connectivity index (χ2v) is 3.42. The van der Waals surface area contributed by atoms with Gasteiger partial charge in [-0.25, -0.2) is 0 Å². The molecule has 1 N–H and O–H groups in total. The molecule has 0 amide bonds. The lowest BCUT2D eigenvalue weighted by Gasteiger charge is -2.20. The smallest absolute Gasteiger partial charge is 0.323 e. The lowest BCUT2D eigenvalue weighted by atomic mass is 10.1. The van der Waals surface area contributed by atoms with Crippen LogP contribution in [-0.2, 0) is 14.3 Å². The van der Waals surface area contributed by atoms with Gasteiger partial charge in [-0.2, -0.15) is 0 Å². The summed E-state index contributed by atoms with van der Waals surface area (Å²) < 4.78 is 9.85. The predicted molar refractivity (Wildman–Crippen MR) is 55.1 cm³/mol. The minimum absolute atomic E-state index is 0.182. The average molecular weight is 203 g/mol. The average Bonchev–Trinajstić information content (AvgIpc) is 2.12. The van der Waals surface area contributed by atoms with E-state index in [2.05, 4.69) is 5.32 Å². The van der Waals surface area contributed by atoms with Crippen molar-refractivity contribution >= 4 is 5.97 Å². The van der Waals surface area contributed by atoms with E-state index in [0.29, 0.717) is 19.8 Å². The predicted octanol–water partition coefficient (Wildman–Crippen LogP) is 0.810. The number of rotatable bonds is 7. The van der Waals surface area contributed by atoms with Crippen LogP contribution in [0, 0.1) is 5.92 Å². The number of hydrogen-bond donors (Lipinski definition) is 1. The third kappa shape index (κ3) is 5.19. The second-order valence-electron chi connectivity index (χ2n) is 3.42. The molecular formula is C10H21NO3. The molecule has 0 fully saturated rings. The van der Waals surface area contributed by atoms with Gasteiger partial charge in [-0.15, -0.1) is 0 Å². The van der Waals surface area contributed by atoms with Crippen molar-refractivity contribution in [3.8, 4) is 0 Å². The van der Waals surface area contributed by atoms with E-state index in [-0.39, 0.29) is 17.9 Å². The summed E-state index contributed by atoms with van der Waals surface area (Å²) in [5.41, 5.74) is 0. The number of methoxy groups -OCH3 is 1. The molecule has 0 aliphatic carbocycles. The standard InChI is InChI=1S/C10H21NO3/c1-5-14-10(12)9(8(2)3)11-6-7-13-4/h8-9,11H,5-7H2,1-4H3. The Labute approximate surface area is 86.0 Å². The first-order valence-electron chi connectivity index (χ1n) is 5.02. The van der Waals surface area contributed by atoms with E-state index in [0.717, 1.165) is 0 Å². The number of carbonyl (C=O) groups excluding carboxylic acids is 1. The number of esters is 1. The fourth-order valence-electron chi connectivity index (χ4n) is 1.14. The normalized spacial score (nSPS) is 12.9. The molecule has 84 valence electrons. The van der Waals surface area contributed by atoms with Crippen LogP contribution in [0.3, 0.4) is 0 Å². The van der Waals surface area contributed by atoms with Gasteiger partial charge in [0.25, 0.3) is 0 Å². The largest absolute Gasteiger partial charge is 0.465 e. The Bertz CT molecular complexity index is 159. The fourth-order valence-corrected chi connectivity index (χ4v) is 1.14. The zero-order valence-electron chi connectivity index (χ0n) is 9.50. The monoisotopic (exact) mass is 203 g/mol. The van der Waals surface area contributed by atoms with Crippen LogP contribution >= 0.6 is 0 Å². The highest BCUT2D eigenvalue weighted by molar-refractivity contribution is 5.76. The SMILES string of the molecule is CCOC(=O)C(NCCOC)C(C)C. The summed E-state index contributed by atoms with van der Waals surface area (Å²) in [5, 5.41) is 3.11. The van der Waals surface area contributed by atoms with E-state index in [1.807, 2.05) is 20.8 Å². The summed E-state index contributed by atoms with van der Waals surface area (Å²) >= 11 is 0. The van der Waals surface area contributed by atoms with Gasteiger partial charge in [0.05, 0.1) is 13.2 Å². The summed E-state index contributed by atoms with van der Waals surface area (Å²) in [6, 6.07) is -0.231. The van der Waals surface area contributed by atoms with Crippen molar-refractivity contribution in [2.75, 3.05) is 26.9 Å². The Balaban J connectivity index is 3.95. The van der Waals surface area contributed by atoms with E-state index >= 15 is 0 Å². The maximum absolute atomic E-state index is 11.5. The van der Waals surface area contributed by atoms with Gasteiger partial charge >= 0.3 is 5.97 Å². The van der Waals surface area contributed by atoms with Crippen molar-refractivity contribution in [2.24, 2.45) is 5.92 Å². The molecule has 4 heteroatoms. The van der Waals surface area contributed by atoms with Crippen LogP contribution in [0.5, 0.6) is 0 Å². The summed E-state index contributed by atoms with van der Waals surface area (Å²) in [6.07, 6.45) is 0. The molecule has 0 radical (unpaired) electrons. The van der Waals surface area contributed by atoms with Crippen molar-refractivity contribution in [1.29, 1.82) is 0 Å². The van der Waals surface area contributed by atoms with Crippen molar-refractivity contribution < 1.29 is 14.3 Å². The van der Waals surface area contributed by atoms with Gasteiger partial charge in [-0.1, -0.05) is 13.8 Å². The van der Waals surface area contributed by atoms with Gasteiger partial charge in [-0.3, -0.25) is 4.79 Å². The maximum atomic E-state index is 11.5. The van der Waals surface area contributed by atoms with E-state index in [1.165, 1.54) is 0 Å². The van der Waals surface area contributed by atoms with Crippen LogP contribution in [0.2, 0.25) is 0 Å². The Kier molecular flexibility index (Phi) is 7.42. The van der Waals surface area contributed by atoms with E-state index < -0.39 is 0 Å². The quantitative estimate of drug-likeness (QED) is 0.491. The van der Waals surface area contributed by atoms with Crippen LogP contribution in [-0.4, -0.2) is 38.9 Å². The summed E-state index contributed by atoms with van der Waals surface area (Å²) in [7, 11) is 1.64. The fraction of sp³-hybridized carbons (Fsp3) is 0.900. The maximum Gasteiger partial charge on any atom is 0.323 e. The molecule has 4 nitrogen and oxygen atoms in total. The van der Waals surface area contributed by atoms with Gasteiger partial charge < -0.3 is 14.8 Å². The zero-order chi connectivity index (χ0) is 11.0.